The molecule has 21 heavy (non-hydrogen) atoms. The molecule has 0 radical (unpaired) electrons. The molecule has 8 heteroatoms. The average Bonchev–Trinajstić information content (AvgIpc) is 2.43. The van der Waals surface area contributed by atoms with Crippen LogP contribution < -0.4 is 5.32 Å². The first-order valence-electron chi connectivity index (χ1n) is 6.27. The van der Waals surface area contributed by atoms with E-state index in [0.29, 0.717) is 22.3 Å². The Morgan fingerprint density at radius 3 is 2.90 bits per heavy atom. The van der Waals surface area contributed by atoms with Crippen molar-refractivity contribution in [2.24, 2.45) is 0 Å². The number of carbonyl (C=O) groups is 2. The topological polar surface area (TPSA) is 78.9 Å². The second-order valence-corrected chi connectivity index (χ2v) is 5.45. The van der Waals surface area contributed by atoms with Crippen LogP contribution in [0.15, 0.2) is 18.2 Å². The molecule has 1 heterocycles. The van der Waals surface area contributed by atoms with Crippen molar-refractivity contribution >= 4 is 40.8 Å². The van der Waals surface area contributed by atoms with Crippen LogP contribution in [0.25, 0.3) is 0 Å². The zero-order chi connectivity index (χ0) is 15.4. The highest BCUT2D eigenvalue weighted by Crippen LogP contribution is 2.25. The monoisotopic (exact) mass is 332 g/mol. The van der Waals surface area contributed by atoms with E-state index in [1.165, 1.54) is 0 Å². The van der Waals surface area contributed by atoms with Gasteiger partial charge in [0.2, 0.25) is 5.91 Å². The standard InChI is InChI=1S/C13H14Cl2N2O4/c14-8-1-2-9(15)10(5-8)16-12(18)7-17-3-4-21-11(6-17)13(19)20/h1-2,5,11H,3-4,6-7H2,(H,16,18)(H,19,20). The lowest BCUT2D eigenvalue weighted by molar-refractivity contribution is -0.156. The van der Waals surface area contributed by atoms with E-state index < -0.39 is 12.1 Å². The molecular weight excluding hydrogens is 319 g/mol. The summed E-state index contributed by atoms with van der Waals surface area (Å²) in [5.41, 5.74) is 0.428. The van der Waals surface area contributed by atoms with E-state index in [1.54, 1.807) is 23.1 Å². The number of carboxylic acid groups (broad SMARTS) is 1. The lowest BCUT2D eigenvalue weighted by atomic mass is 10.2. The lowest BCUT2D eigenvalue weighted by Gasteiger charge is -2.30. The molecule has 0 saturated carbocycles. The third kappa shape index (κ3) is 4.57. The number of ether oxygens (including phenoxy) is 1. The second kappa shape index (κ2) is 7.09. The summed E-state index contributed by atoms with van der Waals surface area (Å²) in [6, 6.07) is 4.77. The number of carbonyl (C=O) groups excluding carboxylic acids is 1. The van der Waals surface area contributed by atoms with Gasteiger partial charge < -0.3 is 15.2 Å². The summed E-state index contributed by atoms with van der Waals surface area (Å²) >= 11 is 11.8. The summed E-state index contributed by atoms with van der Waals surface area (Å²) in [4.78, 5) is 24.6. The molecule has 0 aromatic heterocycles. The quantitative estimate of drug-likeness (QED) is 0.877. The molecule has 6 nitrogen and oxygen atoms in total. The Balaban J connectivity index is 1.92. The third-order valence-corrected chi connectivity index (χ3v) is 3.56. The van der Waals surface area contributed by atoms with Crippen LogP contribution in [0.2, 0.25) is 10.0 Å². The number of nitrogens with one attached hydrogen (secondary N) is 1. The van der Waals surface area contributed by atoms with Crippen LogP contribution >= 0.6 is 23.2 Å². The maximum Gasteiger partial charge on any atom is 0.334 e. The number of benzene rings is 1. The van der Waals surface area contributed by atoms with Gasteiger partial charge in [-0.1, -0.05) is 23.2 Å². The van der Waals surface area contributed by atoms with Gasteiger partial charge in [-0.25, -0.2) is 4.79 Å². The van der Waals surface area contributed by atoms with Crippen molar-refractivity contribution < 1.29 is 19.4 Å². The van der Waals surface area contributed by atoms with Crippen LogP contribution in [0, 0.1) is 0 Å². The van der Waals surface area contributed by atoms with Gasteiger partial charge in [-0.3, -0.25) is 9.69 Å². The van der Waals surface area contributed by atoms with Crippen LogP contribution in [0.4, 0.5) is 5.69 Å². The van der Waals surface area contributed by atoms with E-state index in [1.807, 2.05) is 0 Å². The smallest absolute Gasteiger partial charge is 0.334 e. The molecule has 1 aliphatic heterocycles. The number of hydrogen-bond donors (Lipinski definition) is 2. The summed E-state index contributed by atoms with van der Waals surface area (Å²) < 4.78 is 5.09. The molecular formula is C13H14Cl2N2O4. The van der Waals surface area contributed by atoms with Gasteiger partial charge in [0.1, 0.15) is 0 Å². The molecule has 1 aliphatic rings. The predicted molar refractivity (Wildman–Crippen MR) is 78.9 cm³/mol. The van der Waals surface area contributed by atoms with E-state index in [9.17, 15) is 9.59 Å². The molecule has 0 bridgehead atoms. The number of nitrogens with zero attached hydrogens (tertiary/aromatic N) is 1. The highest BCUT2D eigenvalue weighted by molar-refractivity contribution is 6.35. The number of morpholine rings is 1. The number of halogens is 2. The minimum Gasteiger partial charge on any atom is -0.479 e. The Morgan fingerprint density at radius 2 is 2.19 bits per heavy atom. The first-order valence-corrected chi connectivity index (χ1v) is 7.03. The van der Waals surface area contributed by atoms with Crippen molar-refractivity contribution in [3.8, 4) is 0 Å². The summed E-state index contributed by atoms with van der Waals surface area (Å²) in [5.74, 6) is -1.32. The van der Waals surface area contributed by atoms with E-state index in [0.717, 1.165) is 0 Å². The van der Waals surface area contributed by atoms with E-state index >= 15 is 0 Å². The van der Waals surface area contributed by atoms with Gasteiger partial charge in [-0.2, -0.15) is 0 Å². The molecule has 1 saturated heterocycles. The molecule has 1 aromatic rings. The number of aliphatic carboxylic acids is 1. The number of hydrogen-bond acceptors (Lipinski definition) is 4. The van der Waals surface area contributed by atoms with Gasteiger partial charge in [-0.05, 0) is 18.2 Å². The van der Waals surface area contributed by atoms with Crippen LogP contribution in [0.3, 0.4) is 0 Å². The first-order chi connectivity index (χ1) is 9.95. The summed E-state index contributed by atoms with van der Waals surface area (Å²) in [7, 11) is 0. The fourth-order valence-corrected chi connectivity index (χ4v) is 2.32. The minimum atomic E-state index is -1.03. The molecule has 1 aromatic carbocycles. The molecule has 1 amide bonds. The number of rotatable bonds is 4. The van der Waals surface area contributed by atoms with Crippen molar-refractivity contribution in [1.82, 2.24) is 4.90 Å². The van der Waals surface area contributed by atoms with Crippen LogP contribution in [0.1, 0.15) is 0 Å². The Kier molecular flexibility index (Phi) is 5.41. The van der Waals surface area contributed by atoms with E-state index in [2.05, 4.69) is 5.32 Å². The van der Waals surface area contributed by atoms with Gasteiger partial charge in [0.05, 0.1) is 23.9 Å². The molecule has 1 unspecified atom stereocenters. The zero-order valence-electron chi connectivity index (χ0n) is 11.0. The van der Waals surface area contributed by atoms with Crippen LogP contribution in [-0.4, -0.2) is 54.2 Å². The fraction of sp³-hybridized carbons (Fsp3) is 0.385. The molecule has 2 rings (SSSR count). The van der Waals surface area contributed by atoms with Gasteiger partial charge >= 0.3 is 5.97 Å². The first kappa shape index (κ1) is 16.0. The number of anilines is 1. The summed E-state index contributed by atoms with van der Waals surface area (Å²) in [6.45, 7) is 1.02. The van der Waals surface area contributed by atoms with Gasteiger partial charge in [-0.15, -0.1) is 0 Å². The minimum absolute atomic E-state index is 0.0655. The Morgan fingerprint density at radius 1 is 1.43 bits per heavy atom. The van der Waals surface area contributed by atoms with Crippen molar-refractivity contribution in [3.63, 3.8) is 0 Å². The Hall–Kier alpha value is -1.34. The molecule has 114 valence electrons. The van der Waals surface area contributed by atoms with Crippen molar-refractivity contribution in [3.05, 3.63) is 28.2 Å². The molecule has 1 fully saturated rings. The predicted octanol–water partition coefficient (Wildman–Crippen LogP) is 1.72. The molecule has 1 atom stereocenters. The maximum atomic E-state index is 12.0. The van der Waals surface area contributed by atoms with Crippen molar-refractivity contribution in [1.29, 1.82) is 0 Å². The maximum absolute atomic E-state index is 12.0. The fourth-order valence-electron chi connectivity index (χ4n) is 1.98. The highest BCUT2D eigenvalue weighted by Gasteiger charge is 2.27. The normalized spacial score (nSPS) is 19.2. The zero-order valence-corrected chi connectivity index (χ0v) is 12.5. The van der Waals surface area contributed by atoms with Gasteiger partial charge in [0, 0.05) is 18.1 Å². The average molecular weight is 333 g/mol. The summed E-state index contributed by atoms with van der Waals surface area (Å²) in [5, 5.41) is 12.4. The van der Waals surface area contributed by atoms with Gasteiger partial charge in [0.15, 0.2) is 6.10 Å². The van der Waals surface area contributed by atoms with Crippen molar-refractivity contribution in [2.75, 3.05) is 31.6 Å². The van der Waals surface area contributed by atoms with Crippen molar-refractivity contribution in [2.45, 2.75) is 6.10 Å². The molecule has 0 spiro atoms. The molecule has 2 N–H and O–H groups in total. The van der Waals surface area contributed by atoms with Crippen LogP contribution in [-0.2, 0) is 14.3 Å². The lowest BCUT2D eigenvalue weighted by Crippen LogP contribution is -2.48. The largest absolute Gasteiger partial charge is 0.479 e. The highest BCUT2D eigenvalue weighted by atomic mass is 35.5. The second-order valence-electron chi connectivity index (χ2n) is 4.61. The SMILES string of the molecule is O=C(CN1CCOC(C(=O)O)C1)Nc1cc(Cl)ccc1Cl. The molecule has 0 aliphatic carbocycles. The summed E-state index contributed by atoms with van der Waals surface area (Å²) in [6.07, 6.45) is -0.902. The van der Waals surface area contributed by atoms with E-state index in [-0.39, 0.29) is 25.6 Å². The Bertz CT molecular complexity index is 553. The third-order valence-electron chi connectivity index (χ3n) is 3.00. The van der Waals surface area contributed by atoms with Crippen LogP contribution in [0.5, 0.6) is 0 Å². The number of amides is 1. The number of carboxylic acids is 1. The van der Waals surface area contributed by atoms with E-state index in [4.69, 9.17) is 33.0 Å². The van der Waals surface area contributed by atoms with Gasteiger partial charge in [0.25, 0.3) is 0 Å². The Labute approximate surface area is 131 Å².